The number of fused-ring (bicyclic) bond motifs is 9. The Morgan fingerprint density at radius 2 is 0.564 bits per heavy atom. The predicted octanol–water partition coefficient (Wildman–Crippen LogP) is 10.7. The van der Waals surface area contributed by atoms with Crippen LogP contribution in [0.25, 0.3) is 88.1 Å². The third-order valence-electron chi connectivity index (χ3n) is 7.91. The highest BCUT2D eigenvalue weighted by atomic mass is 16.3. The van der Waals surface area contributed by atoms with Gasteiger partial charge in [0, 0.05) is 54.6 Å². The zero-order valence-corrected chi connectivity index (χ0v) is 20.8. The van der Waals surface area contributed by atoms with Gasteiger partial charge in [0.2, 0.25) is 0 Å². The molecule has 6 aromatic carbocycles. The SMILES string of the molecule is c1ccc2c(c1)oc1c(-c3cccc4c3oc3c(-c5cccc6c5oc5ccccc56)cccc34)cccc12. The standard InChI is InChI=1S/C36H20O3/c1-3-19-31-21(9-1)23-11-5-13-25(33(23)37-31)27-15-7-17-29-30-18-8-16-28(36(30)39-35(27)29)26-14-6-12-24-22-10-2-4-20-32(22)38-34(24)26/h1-20H. The van der Waals surface area contributed by atoms with Crippen LogP contribution < -0.4 is 0 Å². The number of benzene rings is 6. The molecule has 182 valence electrons. The third kappa shape index (κ3) is 2.82. The van der Waals surface area contributed by atoms with E-state index in [1.54, 1.807) is 0 Å². The molecule has 0 saturated heterocycles. The summed E-state index contributed by atoms with van der Waals surface area (Å²) in [7, 11) is 0. The normalized spacial score (nSPS) is 12.1. The molecule has 0 aliphatic heterocycles. The van der Waals surface area contributed by atoms with Gasteiger partial charge < -0.3 is 13.3 Å². The summed E-state index contributed by atoms with van der Waals surface area (Å²) in [5.41, 5.74) is 9.30. The molecule has 0 amide bonds. The first-order valence-electron chi connectivity index (χ1n) is 13.1. The number of hydrogen-bond donors (Lipinski definition) is 0. The van der Waals surface area contributed by atoms with E-state index in [1.165, 1.54) is 0 Å². The second-order valence-corrected chi connectivity index (χ2v) is 10.0. The van der Waals surface area contributed by atoms with Gasteiger partial charge in [-0.2, -0.15) is 0 Å². The van der Waals surface area contributed by atoms with Crippen LogP contribution in [0.5, 0.6) is 0 Å². The Balaban J connectivity index is 1.34. The second-order valence-electron chi connectivity index (χ2n) is 10.0. The third-order valence-corrected chi connectivity index (χ3v) is 7.91. The van der Waals surface area contributed by atoms with E-state index in [-0.39, 0.29) is 0 Å². The lowest BCUT2D eigenvalue weighted by Crippen LogP contribution is -1.80. The fraction of sp³-hybridized carbons (Fsp3) is 0. The van der Waals surface area contributed by atoms with Crippen molar-refractivity contribution in [3.05, 3.63) is 121 Å². The summed E-state index contributed by atoms with van der Waals surface area (Å²) in [5.74, 6) is 0. The molecule has 0 aliphatic rings. The fourth-order valence-corrected chi connectivity index (χ4v) is 6.16. The molecule has 0 bridgehead atoms. The first-order chi connectivity index (χ1) is 19.3. The molecule has 9 rings (SSSR count). The quantitative estimate of drug-likeness (QED) is 0.237. The van der Waals surface area contributed by atoms with Crippen LogP contribution in [0.3, 0.4) is 0 Å². The maximum absolute atomic E-state index is 6.79. The summed E-state index contributed by atoms with van der Waals surface area (Å²) in [5, 5.41) is 6.60. The van der Waals surface area contributed by atoms with Gasteiger partial charge in [-0.15, -0.1) is 0 Å². The second kappa shape index (κ2) is 7.62. The highest BCUT2D eigenvalue weighted by Crippen LogP contribution is 2.44. The smallest absolute Gasteiger partial charge is 0.143 e. The van der Waals surface area contributed by atoms with Crippen LogP contribution in [0.4, 0.5) is 0 Å². The van der Waals surface area contributed by atoms with Crippen molar-refractivity contribution >= 4 is 65.8 Å². The van der Waals surface area contributed by atoms with Crippen molar-refractivity contribution in [2.45, 2.75) is 0 Å². The molecule has 0 N–H and O–H groups in total. The van der Waals surface area contributed by atoms with E-state index >= 15 is 0 Å². The van der Waals surface area contributed by atoms with Crippen LogP contribution in [0.1, 0.15) is 0 Å². The van der Waals surface area contributed by atoms with E-state index < -0.39 is 0 Å². The Labute approximate surface area is 222 Å². The Kier molecular flexibility index (Phi) is 4.05. The van der Waals surface area contributed by atoms with Crippen LogP contribution in [0.2, 0.25) is 0 Å². The average Bonchev–Trinajstić information content (AvgIpc) is 3.68. The molecule has 0 unspecified atom stereocenters. The monoisotopic (exact) mass is 500 g/mol. The minimum atomic E-state index is 0.852. The zero-order chi connectivity index (χ0) is 25.5. The van der Waals surface area contributed by atoms with Gasteiger partial charge in [-0.1, -0.05) is 109 Å². The van der Waals surface area contributed by atoms with Crippen LogP contribution in [0.15, 0.2) is 135 Å². The van der Waals surface area contributed by atoms with E-state index in [9.17, 15) is 0 Å². The van der Waals surface area contributed by atoms with E-state index in [0.29, 0.717) is 0 Å². The van der Waals surface area contributed by atoms with Crippen molar-refractivity contribution in [1.29, 1.82) is 0 Å². The first kappa shape index (κ1) is 20.7. The Hall–Kier alpha value is -5.28. The molecule has 0 fully saturated rings. The van der Waals surface area contributed by atoms with Crippen molar-refractivity contribution < 1.29 is 13.3 Å². The Bertz CT molecular complexity index is 2230. The molecule has 0 aliphatic carbocycles. The summed E-state index contributed by atoms with van der Waals surface area (Å²) in [6.45, 7) is 0. The maximum Gasteiger partial charge on any atom is 0.143 e. The molecule has 3 aromatic heterocycles. The van der Waals surface area contributed by atoms with Crippen molar-refractivity contribution in [2.24, 2.45) is 0 Å². The van der Waals surface area contributed by atoms with Crippen molar-refractivity contribution in [2.75, 3.05) is 0 Å². The molecule has 0 radical (unpaired) electrons. The van der Waals surface area contributed by atoms with Gasteiger partial charge in [-0.3, -0.25) is 0 Å². The maximum atomic E-state index is 6.79. The van der Waals surface area contributed by atoms with Gasteiger partial charge in [-0.05, 0) is 12.1 Å². The molecular weight excluding hydrogens is 480 g/mol. The molecule has 3 heterocycles. The predicted molar refractivity (Wildman–Crippen MR) is 159 cm³/mol. The Morgan fingerprint density at radius 1 is 0.256 bits per heavy atom. The number of furan rings is 3. The van der Waals surface area contributed by atoms with Crippen LogP contribution in [-0.4, -0.2) is 0 Å². The van der Waals surface area contributed by atoms with Crippen LogP contribution >= 0.6 is 0 Å². The number of hydrogen-bond acceptors (Lipinski definition) is 3. The minimum Gasteiger partial charge on any atom is -0.455 e. The number of rotatable bonds is 2. The van der Waals surface area contributed by atoms with Gasteiger partial charge in [-0.25, -0.2) is 0 Å². The van der Waals surface area contributed by atoms with E-state index in [4.69, 9.17) is 13.3 Å². The van der Waals surface area contributed by atoms with Gasteiger partial charge in [0.05, 0.1) is 0 Å². The molecule has 3 nitrogen and oxygen atoms in total. The summed E-state index contributed by atoms with van der Waals surface area (Å²) in [6, 6.07) is 41.7. The molecule has 39 heavy (non-hydrogen) atoms. The minimum absolute atomic E-state index is 0.852. The molecular formula is C36H20O3. The Morgan fingerprint density at radius 3 is 0.974 bits per heavy atom. The summed E-state index contributed by atoms with van der Waals surface area (Å²) in [6.07, 6.45) is 0. The van der Waals surface area contributed by atoms with Crippen molar-refractivity contribution in [1.82, 2.24) is 0 Å². The summed E-state index contributed by atoms with van der Waals surface area (Å²) < 4.78 is 19.5. The van der Waals surface area contributed by atoms with Gasteiger partial charge in [0.15, 0.2) is 0 Å². The molecule has 0 spiro atoms. The molecule has 9 aromatic rings. The van der Waals surface area contributed by atoms with E-state index in [0.717, 1.165) is 88.1 Å². The molecule has 3 heteroatoms. The van der Waals surface area contributed by atoms with Crippen LogP contribution in [0, 0.1) is 0 Å². The van der Waals surface area contributed by atoms with Crippen molar-refractivity contribution in [3.8, 4) is 22.3 Å². The first-order valence-corrected chi connectivity index (χ1v) is 13.1. The van der Waals surface area contributed by atoms with Crippen molar-refractivity contribution in [3.63, 3.8) is 0 Å². The lowest BCUT2D eigenvalue weighted by atomic mass is 9.98. The van der Waals surface area contributed by atoms with Gasteiger partial charge in [0.1, 0.15) is 33.5 Å². The van der Waals surface area contributed by atoms with Gasteiger partial charge >= 0.3 is 0 Å². The zero-order valence-electron chi connectivity index (χ0n) is 20.8. The molecule has 0 saturated carbocycles. The van der Waals surface area contributed by atoms with Gasteiger partial charge in [0.25, 0.3) is 0 Å². The van der Waals surface area contributed by atoms with E-state index in [2.05, 4.69) is 84.9 Å². The lowest BCUT2D eigenvalue weighted by molar-refractivity contribution is 0.663. The number of para-hydroxylation sites is 6. The average molecular weight is 501 g/mol. The van der Waals surface area contributed by atoms with Crippen LogP contribution in [-0.2, 0) is 0 Å². The molecule has 0 atom stereocenters. The fourth-order valence-electron chi connectivity index (χ4n) is 6.16. The van der Waals surface area contributed by atoms with E-state index in [1.807, 2.05) is 36.4 Å². The highest BCUT2D eigenvalue weighted by molar-refractivity contribution is 6.18. The summed E-state index contributed by atoms with van der Waals surface area (Å²) in [4.78, 5) is 0. The largest absolute Gasteiger partial charge is 0.455 e. The lowest BCUT2D eigenvalue weighted by Gasteiger charge is -2.04. The highest BCUT2D eigenvalue weighted by Gasteiger charge is 2.20. The summed E-state index contributed by atoms with van der Waals surface area (Å²) >= 11 is 0. The topological polar surface area (TPSA) is 39.4 Å².